The van der Waals surface area contributed by atoms with Crippen LogP contribution >= 0.6 is 0 Å². The molecule has 0 aromatic heterocycles. The number of esters is 1. The Bertz CT molecular complexity index is 892. The Hall–Kier alpha value is -2.56. The van der Waals surface area contributed by atoms with Gasteiger partial charge in [0, 0.05) is 30.2 Å². The molecule has 1 atom stereocenters. The molecule has 3 rings (SSSR count). The van der Waals surface area contributed by atoms with Crippen LogP contribution in [0.3, 0.4) is 0 Å². The van der Waals surface area contributed by atoms with Crippen LogP contribution in [0, 0.1) is 5.41 Å². The van der Waals surface area contributed by atoms with E-state index in [2.05, 4.69) is 26.1 Å². The first kappa shape index (κ1) is 23.1. The van der Waals surface area contributed by atoms with Gasteiger partial charge in [-0.15, -0.1) is 0 Å². The molecule has 31 heavy (non-hydrogen) atoms. The van der Waals surface area contributed by atoms with Crippen LogP contribution in [0.4, 0.5) is 0 Å². The van der Waals surface area contributed by atoms with Crippen molar-refractivity contribution < 1.29 is 19.1 Å². The summed E-state index contributed by atoms with van der Waals surface area (Å²) in [5, 5.41) is 3.38. The number of unbranched alkanes of at least 4 members (excludes halogenated alkanes) is 2. The maximum atomic E-state index is 13.2. The standard InChI is InChI=1S/C26H35NO4/c1-6-8-9-14-31-25(29)22-17(3)27-21-15-19(28)16-26(4,5)24(21)23(22)18-10-12-20(13-11-18)30-7-2/h10-13,23,27H,6-9,14-16H2,1-5H3/t23-/m0/s1. The number of allylic oxidation sites excluding steroid dienone is 3. The quantitative estimate of drug-likeness (QED) is 0.445. The van der Waals surface area contributed by atoms with Crippen molar-refractivity contribution in [2.24, 2.45) is 5.41 Å². The highest BCUT2D eigenvalue weighted by Gasteiger charge is 2.44. The van der Waals surface area contributed by atoms with Gasteiger partial charge < -0.3 is 14.8 Å². The summed E-state index contributed by atoms with van der Waals surface area (Å²) < 4.78 is 11.3. The molecule has 1 aromatic rings. The molecule has 0 spiro atoms. The fraction of sp³-hybridized carbons (Fsp3) is 0.538. The van der Waals surface area contributed by atoms with E-state index < -0.39 is 0 Å². The van der Waals surface area contributed by atoms with Crippen LogP contribution in [0.25, 0.3) is 0 Å². The Balaban J connectivity index is 2.03. The van der Waals surface area contributed by atoms with Crippen molar-refractivity contribution in [2.45, 2.75) is 72.6 Å². The van der Waals surface area contributed by atoms with E-state index in [1.165, 1.54) is 0 Å². The number of hydrogen-bond acceptors (Lipinski definition) is 5. The van der Waals surface area contributed by atoms with Crippen LogP contribution in [0.15, 0.2) is 46.8 Å². The molecule has 0 fully saturated rings. The predicted molar refractivity (Wildman–Crippen MR) is 122 cm³/mol. The van der Waals surface area contributed by atoms with Gasteiger partial charge in [0.2, 0.25) is 0 Å². The number of ether oxygens (including phenoxy) is 2. The molecule has 2 aliphatic rings. The van der Waals surface area contributed by atoms with E-state index >= 15 is 0 Å². The summed E-state index contributed by atoms with van der Waals surface area (Å²) >= 11 is 0. The van der Waals surface area contributed by atoms with Crippen LogP contribution < -0.4 is 10.1 Å². The number of dihydropyridines is 1. The highest BCUT2D eigenvalue weighted by atomic mass is 16.5. The Morgan fingerprint density at radius 1 is 1.16 bits per heavy atom. The van der Waals surface area contributed by atoms with Gasteiger partial charge in [0.1, 0.15) is 11.5 Å². The number of hydrogen-bond donors (Lipinski definition) is 1. The Kier molecular flexibility index (Phi) is 7.24. The van der Waals surface area contributed by atoms with Gasteiger partial charge in [-0.3, -0.25) is 4.79 Å². The third-order valence-corrected chi connectivity index (χ3v) is 6.11. The molecule has 1 heterocycles. The van der Waals surface area contributed by atoms with Crippen molar-refractivity contribution in [3.8, 4) is 5.75 Å². The van der Waals surface area contributed by atoms with Gasteiger partial charge in [-0.2, -0.15) is 0 Å². The second kappa shape index (κ2) is 9.71. The molecule has 0 bridgehead atoms. The Morgan fingerprint density at radius 3 is 2.52 bits per heavy atom. The van der Waals surface area contributed by atoms with Gasteiger partial charge in [0.05, 0.1) is 18.8 Å². The van der Waals surface area contributed by atoms with Gasteiger partial charge in [-0.1, -0.05) is 45.7 Å². The molecular formula is C26H35NO4. The molecule has 168 valence electrons. The topological polar surface area (TPSA) is 64.6 Å². The first-order chi connectivity index (χ1) is 14.8. The lowest BCUT2D eigenvalue weighted by molar-refractivity contribution is -0.139. The molecule has 5 heteroatoms. The zero-order valence-corrected chi connectivity index (χ0v) is 19.5. The zero-order valence-electron chi connectivity index (χ0n) is 19.5. The summed E-state index contributed by atoms with van der Waals surface area (Å²) in [5.74, 6) is 0.505. The van der Waals surface area contributed by atoms with Gasteiger partial charge in [0.15, 0.2) is 0 Å². The lowest BCUT2D eigenvalue weighted by atomic mass is 9.64. The molecule has 1 aliphatic heterocycles. The number of Topliss-reactive ketones (excluding diaryl/α,β-unsaturated/α-hetero) is 1. The van der Waals surface area contributed by atoms with Crippen LogP contribution in [-0.4, -0.2) is 25.0 Å². The molecule has 0 unspecified atom stereocenters. The number of benzene rings is 1. The summed E-state index contributed by atoms with van der Waals surface area (Å²) in [4.78, 5) is 25.7. The van der Waals surface area contributed by atoms with Gasteiger partial charge in [0.25, 0.3) is 0 Å². The first-order valence-corrected chi connectivity index (χ1v) is 11.4. The predicted octanol–water partition coefficient (Wildman–Crippen LogP) is 5.42. The fourth-order valence-corrected chi connectivity index (χ4v) is 4.80. The third kappa shape index (κ3) is 5.03. The van der Waals surface area contributed by atoms with Gasteiger partial charge in [-0.05, 0) is 49.0 Å². The monoisotopic (exact) mass is 425 g/mol. The number of carbonyl (C=O) groups is 2. The SMILES string of the molecule is CCCCCOC(=O)C1=C(C)NC2=C([C@H]1c1ccc(OCC)cc1)C(C)(C)CC(=O)C2. The second-order valence-electron chi connectivity index (χ2n) is 9.11. The summed E-state index contributed by atoms with van der Waals surface area (Å²) in [6, 6.07) is 7.94. The highest BCUT2D eigenvalue weighted by molar-refractivity contribution is 5.94. The summed E-state index contributed by atoms with van der Waals surface area (Å²) in [6.45, 7) is 11.2. The average Bonchev–Trinajstić information content (AvgIpc) is 2.70. The first-order valence-electron chi connectivity index (χ1n) is 11.4. The Morgan fingerprint density at radius 2 is 1.87 bits per heavy atom. The van der Waals surface area contributed by atoms with Crippen LogP contribution in [-0.2, 0) is 14.3 Å². The number of carbonyl (C=O) groups excluding carboxylic acids is 2. The maximum absolute atomic E-state index is 13.2. The lowest BCUT2D eigenvalue weighted by Crippen LogP contribution is -2.39. The van der Waals surface area contributed by atoms with Crippen LogP contribution in [0.5, 0.6) is 5.75 Å². The van der Waals surface area contributed by atoms with Crippen LogP contribution in [0.1, 0.15) is 78.2 Å². The molecule has 5 nitrogen and oxygen atoms in total. The molecule has 0 saturated carbocycles. The second-order valence-corrected chi connectivity index (χ2v) is 9.11. The van der Waals surface area contributed by atoms with E-state index in [1.807, 2.05) is 38.1 Å². The molecule has 1 aliphatic carbocycles. The zero-order chi connectivity index (χ0) is 22.6. The average molecular weight is 426 g/mol. The Labute approximate surface area is 185 Å². The number of nitrogens with one attached hydrogen (secondary N) is 1. The summed E-state index contributed by atoms with van der Waals surface area (Å²) in [6.07, 6.45) is 3.83. The number of rotatable bonds is 8. The van der Waals surface area contributed by atoms with E-state index in [0.29, 0.717) is 31.6 Å². The van der Waals surface area contributed by atoms with Crippen LogP contribution in [0.2, 0.25) is 0 Å². The molecular weight excluding hydrogens is 390 g/mol. The van der Waals surface area contributed by atoms with Crippen molar-refractivity contribution >= 4 is 11.8 Å². The molecule has 1 aromatic carbocycles. The van der Waals surface area contributed by atoms with E-state index in [4.69, 9.17) is 9.47 Å². The van der Waals surface area contributed by atoms with Crippen molar-refractivity contribution in [3.05, 3.63) is 52.4 Å². The van der Waals surface area contributed by atoms with E-state index in [-0.39, 0.29) is 23.1 Å². The molecule has 0 saturated heterocycles. The minimum Gasteiger partial charge on any atom is -0.494 e. The van der Waals surface area contributed by atoms with Crippen molar-refractivity contribution in [2.75, 3.05) is 13.2 Å². The highest BCUT2D eigenvalue weighted by Crippen LogP contribution is 2.51. The van der Waals surface area contributed by atoms with Crippen molar-refractivity contribution in [1.29, 1.82) is 0 Å². The van der Waals surface area contributed by atoms with Crippen molar-refractivity contribution in [3.63, 3.8) is 0 Å². The van der Waals surface area contributed by atoms with Crippen molar-refractivity contribution in [1.82, 2.24) is 5.32 Å². The third-order valence-electron chi connectivity index (χ3n) is 6.11. The molecule has 1 N–H and O–H groups in total. The van der Waals surface area contributed by atoms with Gasteiger partial charge in [-0.25, -0.2) is 4.79 Å². The normalized spacial score (nSPS) is 20.3. The van der Waals surface area contributed by atoms with E-state index in [9.17, 15) is 9.59 Å². The molecule has 0 amide bonds. The smallest absolute Gasteiger partial charge is 0.336 e. The lowest BCUT2D eigenvalue weighted by Gasteiger charge is -2.43. The summed E-state index contributed by atoms with van der Waals surface area (Å²) in [5.41, 5.74) is 4.11. The number of ketones is 1. The minimum atomic E-state index is -0.352. The van der Waals surface area contributed by atoms with Gasteiger partial charge >= 0.3 is 5.97 Å². The largest absolute Gasteiger partial charge is 0.494 e. The summed E-state index contributed by atoms with van der Waals surface area (Å²) in [7, 11) is 0. The van der Waals surface area contributed by atoms with E-state index in [1.54, 1.807) is 0 Å². The maximum Gasteiger partial charge on any atom is 0.336 e. The van der Waals surface area contributed by atoms with E-state index in [0.717, 1.165) is 47.5 Å². The minimum absolute atomic E-state index is 0.222. The molecule has 0 radical (unpaired) electrons. The fourth-order valence-electron chi connectivity index (χ4n) is 4.80.